The van der Waals surface area contributed by atoms with Crippen LogP contribution in [0.25, 0.3) is 0 Å². The Balaban J connectivity index is 2.52. The molecular formula is C12H20N4. The van der Waals surface area contributed by atoms with Crippen molar-refractivity contribution in [1.82, 2.24) is 15.1 Å². The first-order valence-electron chi connectivity index (χ1n) is 5.62. The Bertz CT molecular complexity index is 384. The third-order valence-corrected chi connectivity index (χ3v) is 2.51. The number of hydrogen-bond donors (Lipinski definition) is 1. The molecule has 16 heavy (non-hydrogen) atoms. The van der Waals surface area contributed by atoms with E-state index in [1.807, 2.05) is 31.8 Å². The largest absolute Gasteiger partial charge is 0.311 e. The van der Waals surface area contributed by atoms with Gasteiger partial charge in [-0.05, 0) is 20.3 Å². The molecule has 0 unspecified atom stereocenters. The highest BCUT2D eigenvalue weighted by Crippen LogP contribution is 2.12. The first kappa shape index (κ1) is 12.7. The Morgan fingerprint density at radius 1 is 1.56 bits per heavy atom. The minimum absolute atomic E-state index is 0.311. The van der Waals surface area contributed by atoms with Crippen molar-refractivity contribution in [2.75, 3.05) is 6.54 Å². The van der Waals surface area contributed by atoms with Gasteiger partial charge in [0, 0.05) is 31.9 Å². The zero-order valence-corrected chi connectivity index (χ0v) is 10.5. The lowest BCUT2D eigenvalue weighted by molar-refractivity contribution is 0.444. The Kier molecular flexibility index (Phi) is 4.08. The molecule has 1 rings (SSSR count). The molecule has 1 heterocycles. The van der Waals surface area contributed by atoms with Gasteiger partial charge in [0.1, 0.15) is 0 Å². The molecule has 88 valence electrons. The average Bonchev–Trinajstić information content (AvgIpc) is 2.59. The second-order valence-electron chi connectivity index (χ2n) is 4.73. The van der Waals surface area contributed by atoms with E-state index in [-0.39, 0.29) is 5.41 Å². The van der Waals surface area contributed by atoms with Crippen molar-refractivity contribution in [1.29, 1.82) is 5.26 Å². The number of nitriles is 1. The average molecular weight is 220 g/mol. The van der Waals surface area contributed by atoms with Crippen LogP contribution >= 0.6 is 0 Å². The summed E-state index contributed by atoms with van der Waals surface area (Å²) in [4.78, 5) is 0. The van der Waals surface area contributed by atoms with Gasteiger partial charge < -0.3 is 5.32 Å². The Hall–Kier alpha value is -1.34. The van der Waals surface area contributed by atoms with Crippen molar-refractivity contribution in [3.63, 3.8) is 0 Å². The molecule has 4 nitrogen and oxygen atoms in total. The summed E-state index contributed by atoms with van der Waals surface area (Å²) in [5.41, 5.74) is 2.04. The van der Waals surface area contributed by atoms with E-state index in [0.717, 1.165) is 18.7 Å². The third kappa shape index (κ3) is 3.35. The number of rotatable bonds is 5. The summed E-state index contributed by atoms with van der Waals surface area (Å²) in [5, 5.41) is 16.6. The molecule has 4 heteroatoms. The second kappa shape index (κ2) is 5.13. The molecule has 0 saturated heterocycles. The van der Waals surface area contributed by atoms with Gasteiger partial charge in [-0.15, -0.1) is 0 Å². The maximum atomic E-state index is 8.89. The summed E-state index contributed by atoms with van der Waals surface area (Å²) in [7, 11) is 1.93. The third-order valence-electron chi connectivity index (χ3n) is 2.51. The van der Waals surface area contributed by atoms with E-state index >= 15 is 0 Å². The highest BCUT2D eigenvalue weighted by Gasteiger charge is 2.16. The van der Waals surface area contributed by atoms with Gasteiger partial charge in [0.05, 0.1) is 17.2 Å². The molecule has 1 N–H and O–H groups in total. The molecule has 0 bridgehead atoms. The lowest BCUT2D eigenvalue weighted by Crippen LogP contribution is -2.27. The van der Waals surface area contributed by atoms with Crippen LogP contribution in [0.2, 0.25) is 0 Å². The molecule has 0 aliphatic rings. The van der Waals surface area contributed by atoms with Gasteiger partial charge in [-0.3, -0.25) is 4.68 Å². The van der Waals surface area contributed by atoms with E-state index in [0.29, 0.717) is 6.54 Å². The number of hydrogen-bond acceptors (Lipinski definition) is 3. The molecule has 1 aromatic heterocycles. The highest BCUT2D eigenvalue weighted by molar-refractivity contribution is 5.16. The van der Waals surface area contributed by atoms with Crippen LogP contribution in [0.1, 0.15) is 32.0 Å². The fourth-order valence-corrected chi connectivity index (χ4v) is 1.58. The minimum atomic E-state index is -0.311. The highest BCUT2D eigenvalue weighted by atomic mass is 15.3. The molecule has 0 aromatic carbocycles. The summed E-state index contributed by atoms with van der Waals surface area (Å²) >= 11 is 0. The van der Waals surface area contributed by atoms with Crippen LogP contribution in [0.15, 0.2) is 6.20 Å². The molecule has 0 amide bonds. The van der Waals surface area contributed by atoms with Crippen LogP contribution in [-0.4, -0.2) is 16.3 Å². The standard InChI is InChI=1S/C12H20N4/c1-5-11-10(7-16(4)15-11)6-14-9-12(2,3)8-13/h7,14H,5-6,9H2,1-4H3. The van der Waals surface area contributed by atoms with Crippen molar-refractivity contribution in [3.8, 4) is 6.07 Å². The van der Waals surface area contributed by atoms with Crippen molar-refractivity contribution in [2.45, 2.75) is 33.7 Å². The van der Waals surface area contributed by atoms with Crippen LogP contribution in [0, 0.1) is 16.7 Å². The Labute approximate surface area is 97.3 Å². The molecule has 0 saturated carbocycles. The molecule has 0 aliphatic heterocycles. The Morgan fingerprint density at radius 2 is 2.25 bits per heavy atom. The van der Waals surface area contributed by atoms with Gasteiger partial charge >= 0.3 is 0 Å². The number of nitrogens with zero attached hydrogens (tertiary/aromatic N) is 3. The maximum absolute atomic E-state index is 8.89. The van der Waals surface area contributed by atoms with Gasteiger partial charge in [-0.2, -0.15) is 10.4 Å². The summed E-state index contributed by atoms with van der Waals surface area (Å²) in [6.07, 6.45) is 2.98. The normalized spacial score (nSPS) is 11.4. The first-order valence-corrected chi connectivity index (χ1v) is 5.62. The fraction of sp³-hybridized carbons (Fsp3) is 0.667. The van der Waals surface area contributed by atoms with Crippen LogP contribution in [0.3, 0.4) is 0 Å². The number of aromatic nitrogens is 2. The van der Waals surface area contributed by atoms with E-state index in [1.54, 1.807) is 0 Å². The van der Waals surface area contributed by atoms with Crippen molar-refractivity contribution >= 4 is 0 Å². The van der Waals surface area contributed by atoms with Crippen LogP contribution in [-0.2, 0) is 20.0 Å². The van der Waals surface area contributed by atoms with E-state index in [4.69, 9.17) is 5.26 Å². The smallest absolute Gasteiger partial charge is 0.0697 e. The van der Waals surface area contributed by atoms with Crippen molar-refractivity contribution in [3.05, 3.63) is 17.5 Å². The van der Waals surface area contributed by atoms with E-state index in [9.17, 15) is 0 Å². The zero-order chi connectivity index (χ0) is 12.2. The Morgan fingerprint density at radius 3 is 2.81 bits per heavy atom. The summed E-state index contributed by atoms with van der Waals surface area (Å²) in [6.45, 7) is 7.45. The van der Waals surface area contributed by atoms with Gasteiger partial charge in [0.2, 0.25) is 0 Å². The summed E-state index contributed by atoms with van der Waals surface area (Å²) in [6, 6.07) is 2.28. The quantitative estimate of drug-likeness (QED) is 0.820. The van der Waals surface area contributed by atoms with Crippen LogP contribution in [0.5, 0.6) is 0 Å². The molecule has 0 atom stereocenters. The van der Waals surface area contributed by atoms with Gasteiger partial charge in [-0.1, -0.05) is 6.92 Å². The molecule has 1 aromatic rings. The number of nitrogens with one attached hydrogen (secondary N) is 1. The SMILES string of the molecule is CCc1nn(C)cc1CNCC(C)(C)C#N. The topological polar surface area (TPSA) is 53.6 Å². The molecular weight excluding hydrogens is 200 g/mol. The van der Waals surface area contributed by atoms with Crippen molar-refractivity contribution in [2.24, 2.45) is 12.5 Å². The van der Waals surface area contributed by atoms with Gasteiger partial charge in [0.15, 0.2) is 0 Å². The van der Waals surface area contributed by atoms with E-state index in [2.05, 4.69) is 23.4 Å². The lowest BCUT2D eigenvalue weighted by Gasteiger charge is -2.15. The predicted octanol–water partition coefficient (Wildman–Crippen LogP) is 1.62. The van der Waals surface area contributed by atoms with Crippen LogP contribution < -0.4 is 5.32 Å². The molecule has 0 spiro atoms. The first-order chi connectivity index (χ1) is 7.48. The summed E-state index contributed by atoms with van der Waals surface area (Å²) < 4.78 is 1.84. The zero-order valence-electron chi connectivity index (χ0n) is 10.5. The van der Waals surface area contributed by atoms with E-state index < -0.39 is 0 Å². The number of aryl methyl sites for hydroxylation is 2. The predicted molar refractivity (Wildman–Crippen MR) is 63.7 cm³/mol. The van der Waals surface area contributed by atoms with Crippen molar-refractivity contribution < 1.29 is 0 Å². The van der Waals surface area contributed by atoms with E-state index in [1.165, 1.54) is 5.56 Å². The lowest BCUT2D eigenvalue weighted by atomic mass is 9.96. The molecule has 0 fully saturated rings. The molecule has 0 radical (unpaired) electrons. The van der Waals surface area contributed by atoms with Crippen LogP contribution in [0.4, 0.5) is 0 Å². The second-order valence-corrected chi connectivity index (χ2v) is 4.73. The summed E-state index contributed by atoms with van der Waals surface area (Å²) in [5.74, 6) is 0. The molecule has 0 aliphatic carbocycles. The van der Waals surface area contributed by atoms with Gasteiger partial charge in [-0.25, -0.2) is 0 Å². The maximum Gasteiger partial charge on any atom is 0.0697 e. The minimum Gasteiger partial charge on any atom is -0.311 e. The van der Waals surface area contributed by atoms with Gasteiger partial charge in [0.25, 0.3) is 0 Å². The fourth-order valence-electron chi connectivity index (χ4n) is 1.58. The monoisotopic (exact) mass is 220 g/mol.